The van der Waals surface area contributed by atoms with Crippen LogP contribution in [0.1, 0.15) is 34.7 Å². The van der Waals surface area contributed by atoms with Gasteiger partial charge < -0.3 is 5.11 Å². The summed E-state index contributed by atoms with van der Waals surface area (Å²) in [5.74, 6) is 0.401. The fourth-order valence-electron chi connectivity index (χ4n) is 3.96. The second-order valence-electron chi connectivity index (χ2n) is 6.24. The van der Waals surface area contributed by atoms with E-state index in [2.05, 4.69) is 35.2 Å². The van der Waals surface area contributed by atoms with Gasteiger partial charge in [0.15, 0.2) is 0 Å². The molecule has 1 atom stereocenters. The molecule has 0 aromatic heterocycles. The Morgan fingerprint density at radius 1 is 0.857 bits per heavy atom. The number of aryl methyl sites for hydroxylation is 1. The highest BCUT2D eigenvalue weighted by Crippen LogP contribution is 2.38. The third kappa shape index (κ3) is 2.34. The van der Waals surface area contributed by atoms with Crippen molar-refractivity contribution in [2.24, 2.45) is 0 Å². The second kappa shape index (κ2) is 5.19. The van der Waals surface area contributed by atoms with Crippen LogP contribution in [0.3, 0.4) is 0 Å². The van der Waals surface area contributed by atoms with Crippen LogP contribution in [-0.4, -0.2) is 23.1 Å². The van der Waals surface area contributed by atoms with Crippen LogP contribution in [0.5, 0.6) is 5.75 Å². The predicted molar refractivity (Wildman–Crippen MR) is 84.6 cm³/mol. The number of rotatable bonds is 1. The zero-order valence-electron chi connectivity index (χ0n) is 12.3. The average molecular weight is 279 g/mol. The van der Waals surface area contributed by atoms with Crippen molar-refractivity contribution < 1.29 is 5.11 Å². The standard InChI is InChI=1S/C19H21NO/c21-17-6-7-18-16(13-17)5-8-19(18)20-11-9-14-3-1-2-4-15(14)10-12-20/h1-4,6-7,13,19,21H,5,8-12H2. The van der Waals surface area contributed by atoms with Gasteiger partial charge in [0.2, 0.25) is 0 Å². The summed E-state index contributed by atoms with van der Waals surface area (Å²) >= 11 is 0. The first kappa shape index (κ1) is 12.9. The predicted octanol–water partition coefficient (Wildman–Crippen LogP) is 3.48. The molecule has 0 amide bonds. The van der Waals surface area contributed by atoms with Gasteiger partial charge in [-0.3, -0.25) is 4.90 Å². The molecule has 2 aliphatic rings. The van der Waals surface area contributed by atoms with E-state index in [0.29, 0.717) is 11.8 Å². The number of benzene rings is 2. The normalized spacial score (nSPS) is 21.6. The zero-order chi connectivity index (χ0) is 14.2. The first-order chi connectivity index (χ1) is 10.3. The molecule has 0 bridgehead atoms. The van der Waals surface area contributed by atoms with Gasteiger partial charge in [-0.25, -0.2) is 0 Å². The number of hydrogen-bond donors (Lipinski definition) is 1. The van der Waals surface area contributed by atoms with Crippen molar-refractivity contribution in [2.75, 3.05) is 13.1 Å². The van der Waals surface area contributed by atoms with E-state index >= 15 is 0 Å². The number of aromatic hydroxyl groups is 1. The Balaban J connectivity index is 1.57. The number of hydrogen-bond acceptors (Lipinski definition) is 2. The van der Waals surface area contributed by atoms with Crippen molar-refractivity contribution in [3.05, 3.63) is 64.7 Å². The van der Waals surface area contributed by atoms with E-state index in [-0.39, 0.29) is 0 Å². The molecule has 1 heterocycles. The number of phenols is 1. The van der Waals surface area contributed by atoms with Gasteiger partial charge in [0.05, 0.1) is 0 Å². The van der Waals surface area contributed by atoms with E-state index in [1.165, 1.54) is 28.7 Å². The van der Waals surface area contributed by atoms with Crippen LogP contribution < -0.4 is 0 Å². The van der Waals surface area contributed by atoms with Crippen LogP contribution in [0.15, 0.2) is 42.5 Å². The third-order valence-electron chi connectivity index (χ3n) is 5.07. The lowest BCUT2D eigenvalue weighted by atomic mass is 10.0. The van der Waals surface area contributed by atoms with E-state index in [1.807, 2.05) is 12.1 Å². The fraction of sp³-hybridized carbons (Fsp3) is 0.368. The molecule has 0 fully saturated rings. The Morgan fingerprint density at radius 3 is 2.29 bits per heavy atom. The van der Waals surface area contributed by atoms with Gasteiger partial charge in [-0.2, -0.15) is 0 Å². The summed E-state index contributed by atoms with van der Waals surface area (Å²) in [6.45, 7) is 2.28. The molecule has 1 aliphatic carbocycles. The summed E-state index contributed by atoms with van der Waals surface area (Å²) in [6, 6.07) is 15.3. The van der Waals surface area contributed by atoms with Crippen LogP contribution in [-0.2, 0) is 19.3 Å². The smallest absolute Gasteiger partial charge is 0.115 e. The van der Waals surface area contributed by atoms with Gasteiger partial charge >= 0.3 is 0 Å². The molecule has 2 heteroatoms. The van der Waals surface area contributed by atoms with Crippen molar-refractivity contribution >= 4 is 0 Å². The second-order valence-corrected chi connectivity index (χ2v) is 6.24. The first-order valence-electron chi connectivity index (χ1n) is 7.94. The molecular weight excluding hydrogens is 258 g/mol. The van der Waals surface area contributed by atoms with Gasteiger partial charge in [-0.05, 0) is 60.1 Å². The Hall–Kier alpha value is -1.80. The molecule has 0 spiro atoms. The van der Waals surface area contributed by atoms with Crippen LogP contribution in [0.4, 0.5) is 0 Å². The number of fused-ring (bicyclic) bond motifs is 2. The van der Waals surface area contributed by atoms with Crippen LogP contribution in [0.2, 0.25) is 0 Å². The first-order valence-corrected chi connectivity index (χ1v) is 7.94. The van der Waals surface area contributed by atoms with Gasteiger partial charge in [0.1, 0.15) is 5.75 Å². The minimum atomic E-state index is 0.401. The van der Waals surface area contributed by atoms with Crippen LogP contribution in [0, 0.1) is 0 Å². The van der Waals surface area contributed by atoms with Gasteiger partial charge in [-0.15, -0.1) is 0 Å². The Labute approximate surface area is 126 Å². The SMILES string of the molecule is Oc1ccc2c(c1)CCC2N1CCc2ccccc2CC1. The van der Waals surface area contributed by atoms with Crippen LogP contribution >= 0.6 is 0 Å². The monoisotopic (exact) mass is 279 g/mol. The van der Waals surface area contributed by atoms with Crippen molar-refractivity contribution in [3.63, 3.8) is 0 Å². The highest BCUT2D eigenvalue weighted by molar-refractivity contribution is 5.40. The Kier molecular flexibility index (Phi) is 3.19. The van der Waals surface area contributed by atoms with E-state index in [1.54, 1.807) is 0 Å². The average Bonchev–Trinajstić information content (AvgIpc) is 2.79. The minimum absolute atomic E-state index is 0.401. The number of nitrogens with zero attached hydrogens (tertiary/aromatic N) is 1. The Bertz CT molecular complexity index is 637. The summed E-state index contributed by atoms with van der Waals surface area (Å²) in [6.07, 6.45) is 4.59. The lowest BCUT2D eigenvalue weighted by Gasteiger charge is -2.28. The highest BCUT2D eigenvalue weighted by Gasteiger charge is 2.29. The maximum Gasteiger partial charge on any atom is 0.115 e. The fourth-order valence-corrected chi connectivity index (χ4v) is 3.96. The summed E-state index contributed by atoms with van der Waals surface area (Å²) in [5, 5.41) is 9.64. The van der Waals surface area contributed by atoms with E-state index in [0.717, 1.165) is 32.4 Å². The van der Waals surface area contributed by atoms with Crippen molar-refractivity contribution in [2.45, 2.75) is 31.7 Å². The lowest BCUT2D eigenvalue weighted by molar-refractivity contribution is 0.206. The number of phenolic OH excluding ortho intramolecular Hbond substituents is 1. The molecule has 2 aromatic rings. The molecule has 0 saturated carbocycles. The highest BCUT2D eigenvalue weighted by atomic mass is 16.3. The molecule has 2 nitrogen and oxygen atoms in total. The quantitative estimate of drug-likeness (QED) is 0.864. The summed E-state index contributed by atoms with van der Waals surface area (Å²) in [7, 11) is 0. The minimum Gasteiger partial charge on any atom is -0.508 e. The summed E-state index contributed by atoms with van der Waals surface area (Å²) in [5.41, 5.74) is 5.80. The zero-order valence-corrected chi connectivity index (χ0v) is 12.3. The largest absolute Gasteiger partial charge is 0.508 e. The van der Waals surface area contributed by atoms with Gasteiger partial charge in [0.25, 0.3) is 0 Å². The molecule has 0 saturated heterocycles. The van der Waals surface area contributed by atoms with Gasteiger partial charge in [0, 0.05) is 19.1 Å². The topological polar surface area (TPSA) is 23.5 Å². The van der Waals surface area contributed by atoms with Crippen molar-refractivity contribution in [1.29, 1.82) is 0 Å². The molecule has 21 heavy (non-hydrogen) atoms. The maximum atomic E-state index is 9.64. The molecule has 1 N–H and O–H groups in total. The van der Waals surface area contributed by atoms with Gasteiger partial charge in [-0.1, -0.05) is 30.3 Å². The van der Waals surface area contributed by atoms with Crippen molar-refractivity contribution in [3.8, 4) is 5.75 Å². The molecular formula is C19H21NO. The van der Waals surface area contributed by atoms with E-state index < -0.39 is 0 Å². The van der Waals surface area contributed by atoms with Crippen LogP contribution in [0.25, 0.3) is 0 Å². The molecule has 4 rings (SSSR count). The summed E-state index contributed by atoms with van der Waals surface area (Å²) < 4.78 is 0. The third-order valence-corrected chi connectivity index (χ3v) is 5.07. The maximum absolute atomic E-state index is 9.64. The molecule has 108 valence electrons. The molecule has 0 radical (unpaired) electrons. The van der Waals surface area contributed by atoms with Crippen molar-refractivity contribution in [1.82, 2.24) is 4.90 Å². The van der Waals surface area contributed by atoms with E-state index in [9.17, 15) is 5.11 Å². The molecule has 1 unspecified atom stereocenters. The molecule has 2 aromatic carbocycles. The molecule has 1 aliphatic heterocycles. The summed E-state index contributed by atoms with van der Waals surface area (Å²) in [4.78, 5) is 2.64. The lowest BCUT2D eigenvalue weighted by Crippen LogP contribution is -2.30. The Morgan fingerprint density at radius 2 is 1.57 bits per heavy atom. The van der Waals surface area contributed by atoms with E-state index in [4.69, 9.17) is 0 Å².